The molecule has 0 saturated heterocycles. The average molecular weight is 181 g/mol. The van der Waals surface area contributed by atoms with E-state index in [0.29, 0.717) is 0 Å². The van der Waals surface area contributed by atoms with E-state index in [-0.39, 0.29) is 17.3 Å². The van der Waals surface area contributed by atoms with E-state index in [1.165, 1.54) is 19.2 Å². The van der Waals surface area contributed by atoms with Crippen molar-refractivity contribution >= 4 is 17.3 Å². The minimum absolute atomic E-state index is 0.160. The Morgan fingerprint density at radius 1 is 1.69 bits per heavy atom. The molecule has 0 atom stereocenters. The van der Waals surface area contributed by atoms with Crippen LogP contribution >= 0.6 is 0 Å². The van der Waals surface area contributed by atoms with Crippen LogP contribution in [0, 0.1) is 10.1 Å². The lowest BCUT2D eigenvalue weighted by atomic mass is 10.3. The molecule has 0 aromatic carbocycles. The van der Waals surface area contributed by atoms with Crippen LogP contribution in [-0.2, 0) is 4.79 Å². The van der Waals surface area contributed by atoms with Crippen LogP contribution < -0.4 is 5.32 Å². The zero-order chi connectivity index (χ0) is 9.84. The van der Waals surface area contributed by atoms with Crippen molar-refractivity contribution in [1.82, 2.24) is 4.98 Å². The van der Waals surface area contributed by atoms with Crippen molar-refractivity contribution in [2.45, 2.75) is 6.92 Å². The van der Waals surface area contributed by atoms with Gasteiger partial charge in [0.2, 0.25) is 5.91 Å². The van der Waals surface area contributed by atoms with E-state index in [1.807, 2.05) is 0 Å². The lowest BCUT2D eigenvalue weighted by Crippen LogP contribution is -2.07. The first-order valence-electron chi connectivity index (χ1n) is 3.47. The minimum Gasteiger partial charge on any atom is -0.321 e. The van der Waals surface area contributed by atoms with E-state index in [4.69, 9.17) is 0 Å². The molecule has 0 spiro atoms. The van der Waals surface area contributed by atoms with Gasteiger partial charge in [0.05, 0.1) is 4.92 Å². The molecule has 6 nitrogen and oxygen atoms in total. The SMILES string of the molecule is CC(=O)Nc1ccncc1[N+](=O)[O-]. The number of hydrogen-bond donors (Lipinski definition) is 1. The van der Waals surface area contributed by atoms with Crippen LogP contribution in [0.4, 0.5) is 11.4 Å². The third kappa shape index (κ3) is 2.22. The van der Waals surface area contributed by atoms with E-state index in [1.54, 1.807) is 0 Å². The van der Waals surface area contributed by atoms with Crippen LogP contribution in [0.5, 0.6) is 0 Å². The molecule has 13 heavy (non-hydrogen) atoms. The van der Waals surface area contributed by atoms with E-state index >= 15 is 0 Å². The lowest BCUT2D eigenvalue weighted by molar-refractivity contribution is -0.384. The van der Waals surface area contributed by atoms with Crippen LogP contribution in [0.3, 0.4) is 0 Å². The average Bonchev–Trinajstić information content (AvgIpc) is 2.03. The number of aromatic nitrogens is 1. The van der Waals surface area contributed by atoms with Crippen LogP contribution in [0.1, 0.15) is 6.92 Å². The quantitative estimate of drug-likeness (QED) is 0.543. The van der Waals surface area contributed by atoms with Crippen LogP contribution in [0.15, 0.2) is 18.5 Å². The Labute approximate surface area is 73.7 Å². The summed E-state index contributed by atoms with van der Waals surface area (Å²) in [4.78, 5) is 24.0. The summed E-state index contributed by atoms with van der Waals surface area (Å²) in [6.45, 7) is 1.28. The molecule has 0 aliphatic carbocycles. The monoisotopic (exact) mass is 181 g/mol. The molecule has 0 saturated carbocycles. The first-order valence-corrected chi connectivity index (χ1v) is 3.47. The van der Waals surface area contributed by atoms with Crippen molar-refractivity contribution < 1.29 is 9.72 Å². The molecular weight excluding hydrogens is 174 g/mol. The summed E-state index contributed by atoms with van der Waals surface area (Å²) in [6, 6.07) is 1.37. The van der Waals surface area contributed by atoms with E-state index < -0.39 is 4.92 Å². The van der Waals surface area contributed by atoms with Gasteiger partial charge in [-0.05, 0) is 6.07 Å². The van der Waals surface area contributed by atoms with Crippen molar-refractivity contribution in [3.8, 4) is 0 Å². The Bertz CT molecular complexity index is 351. The smallest absolute Gasteiger partial charge is 0.310 e. The number of amides is 1. The molecule has 1 heterocycles. The normalized spacial score (nSPS) is 9.31. The van der Waals surface area contributed by atoms with Gasteiger partial charge in [0.25, 0.3) is 0 Å². The molecule has 1 amide bonds. The van der Waals surface area contributed by atoms with Gasteiger partial charge in [-0.3, -0.25) is 19.9 Å². The predicted octanol–water partition coefficient (Wildman–Crippen LogP) is 0.948. The number of hydrogen-bond acceptors (Lipinski definition) is 4. The Hall–Kier alpha value is -1.98. The standard InChI is InChI=1S/C7H7N3O3/c1-5(11)9-6-2-3-8-4-7(6)10(12)13/h2-4H,1H3,(H,8,9,11). The summed E-state index contributed by atoms with van der Waals surface area (Å²) in [5.41, 5.74) is -0.0507. The zero-order valence-corrected chi connectivity index (χ0v) is 6.85. The largest absolute Gasteiger partial charge is 0.321 e. The summed E-state index contributed by atoms with van der Waals surface area (Å²) < 4.78 is 0. The minimum atomic E-state index is -0.599. The fourth-order valence-electron chi connectivity index (χ4n) is 0.827. The van der Waals surface area contributed by atoms with Gasteiger partial charge in [0, 0.05) is 13.1 Å². The number of carbonyl (C=O) groups excluding carboxylic acids is 1. The van der Waals surface area contributed by atoms with Gasteiger partial charge in [-0.25, -0.2) is 0 Å². The fourth-order valence-corrected chi connectivity index (χ4v) is 0.827. The molecule has 1 rings (SSSR count). The molecule has 0 bridgehead atoms. The second-order valence-electron chi connectivity index (χ2n) is 2.33. The number of carbonyl (C=O) groups is 1. The molecule has 1 aromatic heterocycles. The van der Waals surface area contributed by atoms with Gasteiger partial charge in [-0.1, -0.05) is 0 Å². The maximum Gasteiger partial charge on any atom is 0.310 e. The maximum atomic E-state index is 10.6. The van der Waals surface area contributed by atoms with Gasteiger partial charge in [0.15, 0.2) is 0 Å². The third-order valence-corrected chi connectivity index (χ3v) is 1.31. The van der Waals surface area contributed by atoms with Crippen molar-refractivity contribution in [2.75, 3.05) is 5.32 Å². The summed E-state index contributed by atoms with van der Waals surface area (Å²) in [5, 5.41) is 12.8. The third-order valence-electron chi connectivity index (χ3n) is 1.31. The number of rotatable bonds is 2. The Kier molecular flexibility index (Phi) is 2.53. The summed E-state index contributed by atoms with van der Waals surface area (Å²) in [6.07, 6.45) is 2.46. The highest BCUT2D eigenvalue weighted by Crippen LogP contribution is 2.21. The van der Waals surface area contributed by atoms with E-state index in [2.05, 4.69) is 10.3 Å². The molecule has 0 fully saturated rings. The van der Waals surface area contributed by atoms with Gasteiger partial charge in [-0.15, -0.1) is 0 Å². The zero-order valence-electron chi connectivity index (χ0n) is 6.85. The number of nitrogens with zero attached hydrogens (tertiary/aromatic N) is 2. The number of nitro groups is 1. The Morgan fingerprint density at radius 3 is 2.92 bits per heavy atom. The summed E-state index contributed by atoms with van der Waals surface area (Å²) in [5.74, 6) is -0.352. The summed E-state index contributed by atoms with van der Waals surface area (Å²) in [7, 11) is 0. The lowest BCUT2D eigenvalue weighted by Gasteiger charge is -2.00. The van der Waals surface area contributed by atoms with Gasteiger partial charge < -0.3 is 5.32 Å². The molecule has 0 radical (unpaired) electrons. The van der Waals surface area contributed by atoms with Crippen molar-refractivity contribution in [3.63, 3.8) is 0 Å². The topological polar surface area (TPSA) is 85.1 Å². The number of nitrogens with one attached hydrogen (secondary N) is 1. The summed E-state index contributed by atoms with van der Waals surface area (Å²) >= 11 is 0. The molecular formula is C7H7N3O3. The highest BCUT2D eigenvalue weighted by molar-refractivity contribution is 5.90. The van der Waals surface area contributed by atoms with Crippen molar-refractivity contribution in [3.05, 3.63) is 28.6 Å². The van der Waals surface area contributed by atoms with Crippen molar-refractivity contribution in [1.29, 1.82) is 0 Å². The molecule has 0 aliphatic heterocycles. The first kappa shape index (κ1) is 9.11. The molecule has 0 aliphatic rings. The van der Waals surface area contributed by atoms with Crippen LogP contribution in [0.2, 0.25) is 0 Å². The highest BCUT2D eigenvalue weighted by atomic mass is 16.6. The van der Waals surface area contributed by atoms with Gasteiger partial charge in [0.1, 0.15) is 11.9 Å². The molecule has 0 unspecified atom stereocenters. The second kappa shape index (κ2) is 3.61. The first-order chi connectivity index (χ1) is 6.11. The van der Waals surface area contributed by atoms with Crippen LogP contribution in [-0.4, -0.2) is 15.8 Å². The second-order valence-corrected chi connectivity index (χ2v) is 2.33. The van der Waals surface area contributed by atoms with Crippen LogP contribution in [0.25, 0.3) is 0 Å². The highest BCUT2D eigenvalue weighted by Gasteiger charge is 2.13. The van der Waals surface area contributed by atoms with Gasteiger partial charge >= 0.3 is 5.69 Å². The molecule has 1 aromatic rings. The molecule has 6 heteroatoms. The Balaban J connectivity index is 3.04. The number of pyridine rings is 1. The van der Waals surface area contributed by atoms with Gasteiger partial charge in [-0.2, -0.15) is 0 Å². The van der Waals surface area contributed by atoms with E-state index in [0.717, 1.165) is 6.20 Å². The molecule has 68 valence electrons. The predicted molar refractivity (Wildman–Crippen MR) is 45.2 cm³/mol. The fraction of sp³-hybridized carbons (Fsp3) is 0.143. The maximum absolute atomic E-state index is 10.6. The number of anilines is 1. The van der Waals surface area contributed by atoms with E-state index in [9.17, 15) is 14.9 Å². The molecule has 1 N–H and O–H groups in total. The van der Waals surface area contributed by atoms with Crippen molar-refractivity contribution in [2.24, 2.45) is 0 Å². The Morgan fingerprint density at radius 2 is 2.38 bits per heavy atom.